The van der Waals surface area contributed by atoms with Gasteiger partial charge in [-0.05, 0) is 59.5 Å². The Morgan fingerprint density at radius 2 is 1.66 bits per heavy atom. The highest BCUT2D eigenvalue weighted by atomic mass is 32.2. The van der Waals surface area contributed by atoms with Crippen LogP contribution in [0.5, 0.6) is 11.5 Å². The molecule has 4 aromatic rings. The molecule has 3 aromatic carbocycles. The molecule has 0 atom stereocenters. The van der Waals surface area contributed by atoms with Crippen molar-refractivity contribution in [2.45, 2.75) is 37.9 Å². The molecule has 0 aliphatic carbocycles. The molecule has 0 aliphatic heterocycles. The van der Waals surface area contributed by atoms with E-state index in [1.165, 1.54) is 24.3 Å². The molecular weight excluding hydrogens is 545 g/mol. The van der Waals surface area contributed by atoms with Crippen LogP contribution in [0, 0.1) is 5.82 Å². The van der Waals surface area contributed by atoms with Gasteiger partial charge in [0.05, 0.1) is 32.2 Å². The molecule has 11 heteroatoms. The molecule has 0 aliphatic rings. The Balaban J connectivity index is 1.57. The summed E-state index contributed by atoms with van der Waals surface area (Å²) >= 11 is 1.15. The quantitative estimate of drug-likeness (QED) is 0.244. The molecule has 2 N–H and O–H groups in total. The summed E-state index contributed by atoms with van der Waals surface area (Å²) in [5.41, 5.74) is 2.69. The normalized spacial score (nSPS) is 11.2. The molecule has 2 amide bonds. The smallest absolute Gasteiger partial charge is 0.251 e. The molecule has 0 saturated heterocycles. The van der Waals surface area contributed by atoms with Crippen LogP contribution in [0.15, 0.2) is 71.9 Å². The first-order valence-electron chi connectivity index (χ1n) is 12.8. The van der Waals surface area contributed by atoms with Crippen molar-refractivity contribution in [3.05, 3.63) is 89.5 Å². The number of hydrogen-bond donors (Lipinski definition) is 2. The summed E-state index contributed by atoms with van der Waals surface area (Å²) in [5, 5.41) is 14.7. The van der Waals surface area contributed by atoms with Gasteiger partial charge in [0.1, 0.15) is 17.3 Å². The van der Waals surface area contributed by atoms with E-state index >= 15 is 0 Å². The first-order chi connectivity index (χ1) is 19.6. The van der Waals surface area contributed by atoms with E-state index in [0.717, 1.165) is 17.3 Å². The van der Waals surface area contributed by atoms with Gasteiger partial charge >= 0.3 is 0 Å². The van der Waals surface area contributed by atoms with E-state index in [0.29, 0.717) is 39.4 Å². The van der Waals surface area contributed by atoms with Crippen LogP contribution in [0.2, 0.25) is 0 Å². The van der Waals surface area contributed by atoms with E-state index in [9.17, 15) is 14.0 Å². The number of benzene rings is 3. The number of halogens is 1. The number of carbonyl (C=O) groups is 2. The van der Waals surface area contributed by atoms with Crippen molar-refractivity contribution in [2.24, 2.45) is 0 Å². The lowest BCUT2D eigenvalue weighted by molar-refractivity contribution is -0.113. The molecular formula is C30H32FN5O4S. The topological polar surface area (TPSA) is 107 Å². The Bertz CT molecular complexity index is 1520. The van der Waals surface area contributed by atoms with Gasteiger partial charge in [-0.25, -0.2) is 4.39 Å². The maximum absolute atomic E-state index is 13.2. The summed E-state index contributed by atoms with van der Waals surface area (Å²) in [6.07, 6.45) is 0. The van der Waals surface area contributed by atoms with Gasteiger partial charge in [-0.1, -0.05) is 44.7 Å². The summed E-state index contributed by atoms with van der Waals surface area (Å²) in [5.74, 6) is 0.584. The van der Waals surface area contributed by atoms with Crippen LogP contribution in [0.25, 0.3) is 5.69 Å². The van der Waals surface area contributed by atoms with E-state index in [1.54, 1.807) is 49.1 Å². The highest BCUT2D eigenvalue weighted by Gasteiger charge is 2.21. The molecule has 4 rings (SSSR count). The van der Waals surface area contributed by atoms with E-state index in [1.807, 2.05) is 12.1 Å². The lowest BCUT2D eigenvalue weighted by atomic mass is 9.87. The maximum atomic E-state index is 13.2. The average molecular weight is 578 g/mol. The predicted molar refractivity (Wildman–Crippen MR) is 157 cm³/mol. The van der Waals surface area contributed by atoms with Crippen molar-refractivity contribution in [3.63, 3.8) is 0 Å². The largest absolute Gasteiger partial charge is 0.497 e. The molecule has 0 fully saturated rings. The number of thioether (sulfide) groups is 1. The van der Waals surface area contributed by atoms with Crippen LogP contribution in [-0.4, -0.2) is 46.6 Å². The second-order valence-corrected chi connectivity index (χ2v) is 11.1. The van der Waals surface area contributed by atoms with Crippen LogP contribution in [0.4, 0.5) is 10.1 Å². The molecule has 0 unspecified atom stereocenters. The Hall–Kier alpha value is -4.38. The first kappa shape index (κ1) is 29.6. The number of methoxy groups -OCH3 is 2. The fraction of sp³-hybridized carbons (Fsp3) is 0.267. The molecule has 0 radical (unpaired) electrons. The number of rotatable bonds is 10. The van der Waals surface area contributed by atoms with Gasteiger partial charge in [-0.15, -0.1) is 10.2 Å². The number of carbonyl (C=O) groups excluding carboxylic acids is 2. The minimum Gasteiger partial charge on any atom is -0.497 e. The van der Waals surface area contributed by atoms with Crippen molar-refractivity contribution >= 4 is 29.3 Å². The van der Waals surface area contributed by atoms with Crippen molar-refractivity contribution in [1.82, 2.24) is 20.1 Å². The van der Waals surface area contributed by atoms with Crippen LogP contribution in [-0.2, 0) is 16.8 Å². The zero-order valence-corrected chi connectivity index (χ0v) is 24.3. The molecule has 9 nitrogen and oxygen atoms in total. The average Bonchev–Trinajstić information content (AvgIpc) is 3.37. The second kappa shape index (κ2) is 12.9. The van der Waals surface area contributed by atoms with E-state index in [-0.39, 0.29) is 35.3 Å². The Morgan fingerprint density at radius 3 is 2.29 bits per heavy atom. The van der Waals surface area contributed by atoms with Gasteiger partial charge < -0.3 is 20.1 Å². The van der Waals surface area contributed by atoms with E-state index in [4.69, 9.17) is 9.47 Å². The van der Waals surface area contributed by atoms with Gasteiger partial charge in [-0.3, -0.25) is 14.2 Å². The fourth-order valence-corrected chi connectivity index (χ4v) is 4.73. The standard InChI is InChI=1S/C30H32FN5O4S/c1-30(2,3)20-8-6-19(7-9-20)28(38)32-17-26-34-35-29(36(26)24-16-23(39-4)14-15-25(24)40-5)41-18-27(37)33-22-12-10-21(31)11-13-22/h6-16H,17-18H2,1-5H3,(H,32,38)(H,33,37). The number of anilines is 1. The van der Waals surface area contributed by atoms with Crippen LogP contribution in [0.3, 0.4) is 0 Å². The summed E-state index contributed by atoms with van der Waals surface area (Å²) in [4.78, 5) is 25.6. The Morgan fingerprint density at radius 1 is 0.951 bits per heavy atom. The number of nitrogens with zero attached hydrogens (tertiary/aromatic N) is 3. The first-order valence-corrected chi connectivity index (χ1v) is 13.8. The number of amides is 2. The number of ether oxygens (including phenoxy) is 2. The Labute approximate surface area is 242 Å². The van der Waals surface area contributed by atoms with Crippen molar-refractivity contribution in [3.8, 4) is 17.2 Å². The zero-order valence-electron chi connectivity index (χ0n) is 23.5. The van der Waals surface area contributed by atoms with Crippen molar-refractivity contribution < 1.29 is 23.5 Å². The van der Waals surface area contributed by atoms with Gasteiger partial charge in [0.25, 0.3) is 5.91 Å². The van der Waals surface area contributed by atoms with Gasteiger partial charge in [0.2, 0.25) is 5.91 Å². The monoisotopic (exact) mass is 577 g/mol. The summed E-state index contributed by atoms with van der Waals surface area (Å²) < 4.78 is 25.9. The van der Waals surface area contributed by atoms with Crippen molar-refractivity contribution in [1.29, 1.82) is 0 Å². The van der Waals surface area contributed by atoms with Gasteiger partial charge in [-0.2, -0.15) is 0 Å². The van der Waals surface area contributed by atoms with Gasteiger partial charge in [0, 0.05) is 17.3 Å². The lowest BCUT2D eigenvalue weighted by Gasteiger charge is -2.19. The molecule has 41 heavy (non-hydrogen) atoms. The maximum Gasteiger partial charge on any atom is 0.251 e. The van der Waals surface area contributed by atoms with Crippen LogP contribution in [0.1, 0.15) is 42.5 Å². The number of nitrogens with one attached hydrogen (secondary N) is 2. The molecule has 1 heterocycles. The van der Waals surface area contributed by atoms with E-state index in [2.05, 4.69) is 41.6 Å². The molecule has 0 spiro atoms. The van der Waals surface area contributed by atoms with Gasteiger partial charge in [0.15, 0.2) is 11.0 Å². The zero-order chi connectivity index (χ0) is 29.6. The minimum absolute atomic E-state index is 0.00821. The molecule has 0 saturated carbocycles. The molecule has 0 bridgehead atoms. The highest BCUT2D eigenvalue weighted by Crippen LogP contribution is 2.32. The SMILES string of the molecule is COc1ccc(OC)c(-n2c(CNC(=O)c3ccc(C(C)(C)C)cc3)nnc2SCC(=O)Nc2ccc(F)cc2)c1. The third kappa shape index (κ3) is 7.43. The van der Waals surface area contributed by atoms with Crippen LogP contribution < -0.4 is 20.1 Å². The second-order valence-electron chi connectivity index (χ2n) is 10.1. The third-order valence-corrected chi connectivity index (χ3v) is 7.14. The molecule has 1 aromatic heterocycles. The minimum atomic E-state index is -0.390. The number of hydrogen-bond acceptors (Lipinski definition) is 7. The third-order valence-electron chi connectivity index (χ3n) is 6.21. The summed E-state index contributed by atoms with van der Waals surface area (Å²) in [7, 11) is 3.10. The molecule has 214 valence electrons. The highest BCUT2D eigenvalue weighted by molar-refractivity contribution is 7.99. The van der Waals surface area contributed by atoms with E-state index < -0.39 is 0 Å². The fourth-order valence-electron chi connectivity index (χ4n) is 3.97. The predicted octanol–water partition coefficient (Wildman–Crippen LogP) is 5.38. The van der Waals surface area contributed by atoms with Crippen LogP contribution >= 0.6 is 11.8 Å². The summed E-state index contributed by atoms with van der Waals surface area (Å²) in [6.45, 7) is 6.41. The van der Waals surface area contributed by atoms with Crippen molar-refractivity contribution in [2.75, 3.05) is 25.3 Å². The summed E-state index contributed by atoms with van der Waals surface area (Å²) in [6, 6.07) is 18.3. The number of aromatic nitrogens is 3. The Kier molecular flexibility index (Phi) is 9.28. The lowest BCUT2D eigenvalue weighted by Crippen LogP contribution is -2.25.